The predicted octanol–water partition coefficient (Wildman–Crippen LogP) is 4.09. The third-order valence-corrected chi connectivity index (χ3v) is 3.40. The summed E-state index contributed by atoms with van der Waals surface area (Å²) in [6.45, 7) is 1.81. The second kappa shape index (κ2) is 6.18. The summed E-state index contributed by atoms with van der Waals surface area (Å²) < 4.78 is 18.9. The molecule has 3 rings (SSSR count). The molecule has 1 N–H and O–H groups in total. The lowest BCUT2D eigenvalue weighted by Gasteiger charge is -2.06. The maximum Gasteiger partial charge on any atom is 0.313 e. The second-order valence-electron chi connectivity index (χ2n) is 4.81. The molecule has 1 heterocycles. The van der Waals surface area contributed by atoms with Gasteiger partial charge >= 0.3 is 11.8 Å². The maximum atomic E-state index is 13.7. The van der Waals surface area contributed by atoms with Crippen LogP contribution >= 0.6 is 11.6 Å². The van der Waals surface area contributed by atoms with Gasteiger partial charge in [0, 0.05) is 10.7 Å². The topological polar surface area (TPSA) is 68.0 Å². The average Bonchev–Trinajstić information content (AvgIpc) is 3.00. The molecule has 0 radical (unpaired) electrons. The van der Waals surface area contributed by atoms with Gasteiger partial charge in [0.2, 0.25) is 0 Å². The van der Waals surface area contributed by atoms with E-state index in [4.69, 9.17) is 16.0 Å². The van der Waals surface area contributed by atoms with Gasteiger partial charge in [0.05, 0.1) is 5.56 Å². The van der Waals surface area contributed by atoms with Gasteiger partial charge in [-0.2, -0.15) is 0 Å². The largest absolute Gasteiger partial charge is 0.412 e. The minimum atomic E-state index is -0.578. The van der Waals surface area contributed by atoms with Gasteiger partial charge in [-0.05, 0) is 42.8 Å². The van der Waals surface area contributed by atoms with Crippen molar-refractivity contribution in [1.82, 2.24) is 10.2 Å². The molecule has 3 aromatic rings. The number of anilines is 1. The van der Waals surface area contributed by atoms with Gasteiger partial charge < -0.3 is 9.73 Å². The summed E-state index contributed by atoms with van der Waals surface area (Å²) in [6, 6.07) is 11.0. The molecule has 0 bridgehead atoms. The van der Waals surface area contributed by atoms with Crippen molar-refractivity contribution < 1.29 is 13.6 Å². The Balaban J connectivity index is 1.83. The Morgan fingerprint density at radius 3 is 2.74 bits per heavy atom. The minimum absolute atomic E-state index is 0.0546. The van der Waals surface area contributed by atoms with E-state index in [0.717, 1.165) is 5.56 Å². The van der Waals surface area contributed by atoms with E-state index >= 15 is 0 Å². The monoisotopic (exact) mass is 331 g/mol. The maximum absolute atomic E-state index is 13.7. The lowest BCUT2D eigenvalue weighted by Crippen LogP contribution is -2.13. The van der Waals surface area contributed by atoms with Crippen LogP contribution in [0, 0.1) is 12.7 Å². The number of amides is 1. The summed E-state index contributed by atoms with van der Waals surface area (Å²) in [5.41, 5.74) is 1.51. The van der Waals surface area contributed by atoms with Crippen molar-refractivity contribution in [3.05, 3.63) is 64.8 Å². The van der Waals surface area contributed by atoms with Gasteiger partial charge in [-0.15, -0.1) is 10.2 Å². The van der Waals surface area contributed by atoms with Crippen LogP contribution in [-0.4, -0.2) is 16.1 Å². The Labute approximate surface area is 136 Å². The van der Waals surface area contributed by atoms with Crippen molar-refractivity contribution in [2.75, 3.05) is 5.32 Å². The van der Waals surface area contributed by atoms with E-state index in [9.17, 15) is 9.18 Å². The van der Waals surface area contributed by atoms with Crippen molar-refractivity contribution in [2.24, 2.45) is 0 Å². The van der Waals surface area contributed by atoms with Gasteiger partial charge in [-0.25, -0.2) is 4.39 Å². The smallest absolute Gasteiger partial charge is 0.313 e. The number of benzene rings is 2. The highest BCUT2D eigenvalue weighted by Crippen LogP contribution is 2.23. The van der Waals surface area contributed by atoms with Crippen LogP contribution in [0.25, 0.3) is 11.5 Å². The molecule has 2 aromatic carbocycles. The molecule has 1 amide bonds. The first-order valence-corrected chi connectivity index (χ1v) is 7.08. The quantitative estimate of drug-likeness (QED) is 0.785. The van der Waals surface area contributed by atoms with E-state index < -0.39 is 11.7 Å². The standard InChI is InChI=1S/C16H11ClFN3O2/c1-9-8-10(17)6-7-13(9)19-14(22)16-21-20-15(23-16)11-4-2-3-5-12(11)18/h2-8H,1H3,(H,19,22). The fraction of sp³-hybridized carbons (Fsp3) is 0.0625. The molecular formula is C16H11ClFN3O2. The van der Waals surface area contributed by atoms with Crippen LogP contribution in [0.2, 0.25) is 5.02 Å². The second-order valence-corrected chi connectivity index (χ2v) is 5.24. The first-order chi connectivity index (χ1) is 11.0. The molecule has 0 atom stereocenters. The number of nitrogens with zero attached hydrogens (tertiary/aromatic N) is 2. The fourth-order valence-electron chi connectivity index (χ4n) is 2.00. The number of carbonyl (C=O) groups excluding carboxylic acids is 1. The van der Waals surface area contributed by atoms with Crippen LogP contribution in [0.15, 0.2) is 46.9 Å². The number of aromatic nitrogens is 2. The van der Waals surface area contributed by atoms with E-state index in [0.29, 0.717) is 10.7 Å². The number of hydrogen-bond acceptors (Lipinski definition) is 4. The molecule has 1 aromatic heterocycles. The van der Waals surface area contributed by atoms with Crippen LogP contribution in [0.1, 0.15) is 16.2 Å². The van der Waals surface area contributed by atoms with Gasteiger partial charge in [0.15, 0.2) is 0 Å². The summed E-state index contributed by atoms with van der Waals surface area (Å²) in [4.78, 5) is 12.1. The highest BCUT2D eigenvalue weighted by molar-refractivity contribution is 6.30. The van der Waals surface area contributed by atoms with Gasteiger partial charge in [0.1, 0.15) is 5.82 Å². The van der Waals surface area contributed by atoms with Gasteiger partial charge in [-0.1, -0.05) is 23.7 Å². The van der Waals surface area contributed by atoms with Gasteiger partial charge in [0.25, 0.3) is 5.89 Å². The van der Waals surface area contributed by atoms with Crippen molar-refractivity contribution in [2.45, 2.75) is 6.92 Å². The molecule has 5 nitrogen and oxygen atoms in total. The van der Waals surface area contributed by atoms with Crippen molar-refractivity contribution in [3.63, 3.8) is 0 Å². The van der Waals surface area contributed by atoms with E-state index in [1.54, 1.807) is 37.3 Å². The molecular weight excluding hydrogens is 321 g/mol. The van der Waals surface area contributed by atoms with Crippen molar-refractivity contribution >= 4 is 23.2 Å². The Morgan fingerprint density at radius 1 is 1.22 bits per heavy atom. The predicted molar refractivity (Wildman–Crippen MR) is 83.8 cm³/mol. The van der Waals surface area contributed by atoms with Crippen LogP contribution in [0.5, 0.6) is 0 Å². The minimum Gasteiger partial charge on any atom is -0.412 e. The highest BCUT2D eigenvalue weighted by atomic mass is 35.5. The molecule has 0 saturated carbocycles. The summed E-state index contributed by atoms with van der Waals surface area (Å²) in [5, 5.41) is 10.6. The number of aryl methyl sites for hydroxylation is 1. The zero-order valence-electron chi connectivity index (χ0n) is 12.0. The third kappa shape index (κ3) is 3.22. The van der Waals surface area contributed by atoms with Crippen LogP contribution in [0.4, 0.5) is 10.1 Å². The first-order valence-electron chi connectivity index (χ1n) is 6.70. The van der Waals surface area contributed by atoms with E-state index in [2.05, 4.69) is 15.5 Å². The molecule has 0 unspecified atom stereocenters. The van der Waals surface area contributed by atoms with E-state index in [1.165, 1.54) is 12.1 Å². The Hall–Kier alpha value is -2.73. The summed E-state index contributed by atoms with van der Waals surface area (Å²) >= 11 is 5.87. The lowest BCUT2D eigenvalue weighted by atomic mass is 10.2. The Bertz CT molecular complexity index is 879. The Morgan fingerprint density at radius 2 is 2.00 bits per heavy atom. The van der Waals surface area contributed by atoms with Crippen LogP contribution < -0.4 is 5.32 Å². The first kappa shape index (κ1) is 15.2. The summed E-state index contributed by atoms with van der Waals surface area (Å²) in [5.74, 6) is -1.39. The highest BCUT2D eigenvalue weighted by Gasteiger charge is 2.18. The number of halogens is 2. The third-order valence-electron chi connectivity index (χ3n) is 3.16. The molecule has 0 fully saturated rings. The molecule has 7 heteroatoms. The molecule has 0 aliphatic rings. The SMILES string of the molecule is Cc1cc(Cl)ccc1NC(=O)c1nnc(-c2ccccc2F)o1. The molecule has 0 aliphatic heterocycles. The van der Waals surface area contributed by atoms with E-state index in [1.807, 2.05) is 0 Å². The van der Waals surface area contributed by atoms with Crippen molar-refractivity contribution in [1.29, 1.82) is 0 Å². The molecule has 116 valence electrons. The molecule has 0 saturated heterocycles. The van der Waals surface area contributed by atoms with Crippen LogP contribution in [-0.2, 0) is 0 Å². The summed E-state index contributed by atoms with van der Waals surface area (Å²) in [7, 11) is 0. The Kier molecular flexibility index (Phi) is 4.08. The molecule has 0 aliphatic carbocycles. The lowest BCUT2D eigenvalue weighted by molar-refractivity contribution is 0.0990. The normalized spacial score (nSPS) is 10.6. The summed E-state index contributed by atoms with van der Waals surface area (Å²) in [6.07, 6.45) is 0. The van der Waals surface area contributed by atoms with Crippen LogP contribution in [0.3, 0.4) is 0 Å². The number of hydrogen-bond donors (Lipinski definition) is 1. The van der Waals surface area contributed by atoms with E-state index in [-0.39, 0.29) is 17.3 Å². The number of carbonyl (C=O) groups is 1. The number of nitrogens with one attached hydrogen (secondary N) is 1. The number of rotatable bonds is 3. The molecule has 0 spiro atoms. The average molecular weight is 332 g/mol. The zero-order valence-corrected chi connectivity index (χ0v) is 12.8. The zero-order chi connectivity index (χ0) is 16.4. The van der Waals surface area contributed by atoms with Crippen molar-refractivity contribution in [3.8, 4) is 11.5 Å². The van der Waals surface area contributed by atoms with Gasteiger partial charge in [-0.3, -0.25) is 4.79 Å². The fourth-order valence-corrected chi connectivity index (χ4v) is 2.23. The molecule has 23 heavy (non-hydrogen) atoms.